The molecule has 104 valence electrons. The fourth-order valence-corrected chi connectivity index (χ4v) is 2.29. The molecule has 3 N–H and O–H groups in total. The number of nitro groups is 1. The van der Waals surface area contributed by atoms with E-state index in [1.807, 2.05) is 13.8 Å². The van der Waals surface area contributed by atoms with Crippen molar-refractivity contribution in [1.82, 2.24) is 9.97 Å². The number of nitrogens with two attached hydrogens (primary N) is 1. The average molecular weight is 293 g/mol. The Morgan fingerprint density at radius 1 is 1.50 bits per heavy atom. The Morgan fingerprint density at radius 3 is 2.75 bits per heavy atom. The Hall–Kier alpha value is -2.55. The lowest BCUT2D eigenvalue weighted by molar-refractivity contribution is -0.385. The Bertz CT molecular complexity index is 678. The van der Waals surface area contributed by atoms with Crippen LogP contribution in [0.25, 0.3) is 0 Å². The van der Waals surface area contributed by atoms with E-state index in [-0.39, 0.29) is 11.4 Å². The van der Waals surface area contributed by atoms with E-state index < -0.39 is 16.5 Å². The first-order valence-electron chi connectivity index (χ1n) is 5.53. The van der Waals surface area contributed by atoms with E-state index in [1.54, 1.807) is 0 Å². The van der Waals surface area contributed by atoms with Crippen molar-refractivity contribution in [2.75, 3.05) is 11.1 Å². The van der Waals surface area contributed by atoms with Crippen molar-refractivity contribution >= 4 is 33.9 Å². The van der Waals surface area contributed by atoms with E-state index in [4.69, 9.17) is 5.73 Å². The first-order chi connectivity index (χ1) is 9.38. The van der Waals surface area contributed by atoms with Gasteiger partial charge in [0.05, 0.1) is 10.6 Å². The summed E-state index contributed by atoms with van der Waals surface area (Å²) in [5.74, 6) is -0.605. The van der Waals surface area contributed by atoms with Gasteiger partial charge in [0.1, 0.15) is 17.6 Å². The average Bonchev–Trinajstić information content (AvgIpc) is 2.67. The van der Waals surface area contributed by atoms with E-state index >= 15 is 0 Å². The third kappa shape index (κ3) is 2.72. The summed E-state index contributed by atoms with van der Waals surface area (Å²) in [6.07, 6.45) is 0.961. The van der Waals surface area contributed by atoms with Gasteiger partial charge in [-0.15, -0.1) is 11.3 Å². The molecular formula is C11H11N5O3S. The van der Waals surface area contributed by atoms with Gasteiger partial charge in [0, 0.05) is 4.88 Å². The van der Waals surface area contributed by atoms with Crippen LogP contribution in [-0.4, -0.2) is 20.8 Å². The number of hydrogen-bond donors (Lipinski definition) is 2. The summed E-state index contributed by atoms with van der Waals surface area (Å²) in [5.41, 5.74) is 5.71. The lowest BCUT2D eigenvalue weighted by Crippen LogP contribution is -2.14. The van der Waals surface area contributed by atoms with Gasteiger partial charge in [-0.25, -0.2) is 9.97 Å². The highest BCUT2D eigenvalue weighted by Gasteiger charge is 2.22. The van der Waals surface area contributed by atoms with Crippen molar-refractivity contribution in [2.24, 2.45) is 0 Å². The molecule has 0 atom stereocenters. The lowest BCUT2D eigenvalue weighted by atomic mass is 10.2. The highest BCUT2D eigenvalue weighted by atomic mass is 32.1. The lowest BCUT2D eigenvalue weighted by Gasteiger charge is -2.03. The number of anilines is 2. The normalized spacial score (nSPS) is 10.3. The molecule has 0 fully saturated rings. The van der Waals surface area contributed by atoms with Crippen LogP contribution < -0.4 is 11.1 Å². The molecule has 9 heteroatoms. The van der Waals surface area contributed by atoms with Gasteiger partial charge >= 0.3 is 0 Å². The molecule has 2 aromatic rings. The smallest absolute Gasteiger partial charge is 0.300 e. The molecule has 0 bridgehead atoms. The van der Waals surface area contributed by atoms with Crippen molar-refractivity contribution in [2.45, 2.75) is 13.8 Å². The highest BCUT2D eigenvalue weighted by molar-refractivity contribution is 7.15. The fraction of sp³-hybridized carbons (Fsp3) is 0.182. The molecule has 0 unspecified atom stereocenters. The van der Waals surface area contributed by atoms with Crippen LogP contribution in [0.1, 0.15) is 20.9 Å². The number of thiazole rings is 1. The number of aryl methyl sites for hydroxylation is 2. The SMILES string of the molecule is Cc1nc(NC(=O)c2cc(N)ncc2[N+](=O)[O-])sc1C. The van der Waals surface area contributed by atoms with Crippen molar-refractivity contribution in [3.63, 3.8) is 0 Å². The standard InChI is InChI=1S/C11H11N5O3S/c1-5-6(2)20-11(14-5)15-10(17)7-3-9(12)13-4-8(7)16(18)19/h3-4H,1-2H3,(H2,12,13)(H,14,15,17). The molecule has 0 aliphatic heterocycles. The number of amides is 1. The molecule has 0 aliphatic carbocycles. The molecule has 1 amide bonds. The second-order valence-corrected chi connectivity index (χ2v) is 5.20. The van der Waals surface area contributed by atoms with E-state index in [9.17, 15) is 14.9 Å². The number of hydrogen-bond acceptors (Lipinski definition) is 7. The molecule has 2 aromatic heterocycles. The van der Waals surface area contributed by atoms with Gasteiger partial charge < -0.3 is 5.73 Å². The number of aromatic nitrogens is 2. The van der Waals surface area contributed by atoms with E-state index in [2.05, 4.69) is 15.3 Å². The topological polar surface area (TPSA) is 124 Å². The van der Waals surface area contributed by atoms with Crippen LogP contribution in [-0.2, 0) is 0 Å². The minimum Gasteiger partial charge on any atom is -0.384 e. The molecule has 0 spiro atoms. The van der Waals surface area contributed by atoms with Crippen molar-refractivity contribution in [3.8, 4) is 0 Å². The quantitative estimate of drug-likeness (QED) is 0.657. The van der Waals surface area contributed by atoms with Gasteiger partial charge in [0.25, 0.3) is 11.6 Å². The molecule has 0 aliphatic rings. The van der Waals surface area contributed by atoms with E-state index in [0.717, 1.165) is 16.8 Å². The van der Waals surface area contributed by atoms with E-state index in [1.165, 1.54) is 17.4 Å². The summed E-state index contributed by atoms with van der Waals surface area (Å²) >= 11 is 1.30. The van der Waals surface area contributed by atoms with E-state index in [0.29, 0.717) is 5.13 Å². The largest absolute Gasteiger partial charge is 0.384 e. The molecule has 0 saturated carbocycles. The molecule has 20 heavy (non-hydrogen) atoms. The van der Waals surface area contributed by atoms with Gasteiger partial charge in [-0.1, -0.05) is 0 Å². The number of carbonyl (C=O) groups excluding carboxylic acids is 1. The summed E-state index contributed by atoms with van der Waals surface area (Å²) < 4.78 is 0. The summed E-state index contributed by atoms with van der Waals surface area (Å²) in [7, 11) is 0. The van der Waals surface area contributed by atoms with Crippen LogP contribution in [0.2, 0.25) is 0 Å². The Kier molecular flexibility index (Phi) is 3.61. The Morgan fingerprint density at radius 2 is 2.20 bits per heavy atom. The van der Waals surface area contributed by atoms with Crippen LogP contribution in [0.3, 0.4) is 0 Å². The monoisotopic (exact) mass is 293 g/mol. The molecule has 0 aromatic carbocycles. The fourth-order valence-electron chi connectivity index (χ4n) is 1.48. The van der Waals surface area contributed by atoms with Crippen molar-refractivity contribution in [3.05, 3.63) is 38.5 Å². The molecular weight excluding hydrogens is 282 g/mol. The van der Waals surface area contributed by atoms with Crippen LogP contribution >= 0.6 is 11.3 Å². The minimum absolute atomic E-state index is 0.0345. The van der Waals surface area contributed by atoms with Crippen molar-refractivity contribution in [1.29, 1.82) is 0 Å². The minimum atomic E-state index is -0.681. The van der Waals surface area contributed by atoms with Gasteiger partial charge in [-0.3, -0.25) is 20.2 Å². The van der Waals surface area contributed by atoms with Crippen LogP contribution in [0.4, 0.5) is 16.6 Å². The zero-order valence-corrected chi connectivity index (χ0v) is 11.5. The number of rotatable bonds is 3. The first-order valence-corrected chi connectivity index (χ1v) is 6.35. The summed E-state index contributed by atoms with van der Waals surface area (Å²) in [5, 5.41) is 13.8. The third-order valence-corrected chi connectivity index (χ3v) is 3.58. The third-order valence-electron chi connectivity index (χ3n) is 2.59. The first kappa shape index (κ1) is 13.9. The number of carbonyl (C=O) groups is 1. The van der Waals surface area contributed by atoms with Gasteiger partial charge in [-0.05, 0) is 19.9 Å². The maximum Gasteiger partial charge on any atom is 0.300 e. The molecule has 2 rings (SSSR count). The Balaban J connectivity index is 2.33. The van der Waals surface area contributed by atoms with Gasteiger partial charge in [0.2, 0.25) is 0 Å². The second kappa shape index (κ2) is 5.21. The number of nitrogens with zero attached hydrogens (tertiary/aromatic N) is 3. The molecule has 8 nitrogen and oxygen atoms in total. The zero-order valence-electron chi connectivity index (χ0n) is 10.7. The van der Waals surface area contributed by atoms with Crippen LogP contribution in [0.15, 0.2) is 12.3 Å². The number of pyridine rings is 1. The van der Waals surface area contributed by atoms with Gasteiger partial charge in [-0.2, -0.15) is 0 Å². The van der Waals surface area contributed by atoms with Crippen LogP contribution in [0, 0.1) is 24.0 Å². The summed E-state index contributed by atoms with van der Waals surface area (Å²) in [4.78, 5) is 31.0. The summed E-state index contributed by atoms with van der Waals surface area (Å²) in [6.45, 7) is 3.68. The Labute approximate surface area is 117 Å². The molecule has 2 heterocycles. The van der Waals surface area contributed by atoms with Crippen LogP contribution in [0.5, 0.6) is 0 Å². The molecule has 0 radical (unpaired) electrons. The zero-order chi connectivity index (χ0) is 14.9. The van der Waals surface area contributed by atoms with Crippen molar-refractivity contribution < 1.29 is 9.72 Å². The predicted molar refractivity (Wildman–Crippen MR) is 74.8 cm³/mol. The number of nitrogens with one attached hydrogen (secondary N) is 1. The summed E-state index contributed by atoms with van der Waals surface area (Å²) in [6, 6.07) is 1.17. The maximum atomic E-state index is 12.1. The van der Waals surface area contributed by atoms with Gasteiger partial charge in [0.15, 0.2) is 5.13 Å². The number of nitrogen functional groups attached to an aromatic ring is 1. The second-order valence-electron chi connectivity index (χ2n) is 4.00. The molecule has 0 saturated heterocycles. The highest BCUT2D eigenvalue weighted by Crippen LogP contribution is 2.24. The maximum absolute atomic E-state index is 12.1. The predicted octanol–water partition coefficient (Wildman–Crippen LogP) is 1.90.